The van der Waals surface area contributed by atoms with Gasteiger partial charge in [-0.2, -0.15) is 0 Å². The van der Waals surface area contributed by atoms with Crippen LogP contribution in [0.25, 0.3) is 0 Å². The van der Waals surface area contributed by atoms with Crippen LogP contribution in [0.15, 0.2) is 16.9 Å². The summed E-state index contributed by atoms with van der Waals surface area (Å²) in [6.45, 7) is 4.16. The average Bonchev–Trinajstić information content (AvgIpc) is 2.71. The lowest BCUT2D eigenvalue weighted by atomic mass is 10.1. The van der Waals surface area contributed by atoms with Gasteiger partial charge in [-0.05, 0) is 40.4 Å². The zero-order chi connectivity index (χ0) is 14.0. The Morgan fingerprint density at radius 2 is 2.37 bits per heavy atom. The molecule has 102 valence electrons. The Morgan fingerprint density at radius 3 is 3.05 bits per heavy atom. The predicted molar refractivity (Wildman–Crippen MR) is 80.3 cm³/mol. The highest BCUT2D eigenvalue weighted by molar-refractivity contribution is 9.10. The summed E-state index contributed by atoms with van der Waals surface area (Å²) in [6.07, 6.45) is 2.26. The van der Waals surface area contributed by atoms with Crippen LogP contribution >= 0.6 is 27.7 Å². The lowest BCUT2D eigenvalue weighted by molar-refractivity contribution is -0.117. The summed E-state index contributed by atoms with van der Waals surface area (Å²) in [4.78, 5) is 29.0. The van der Waals surface area contributed by atoms with E-state index in [1.807, 2.05) is 13.0 Å². The zero-order valence-electron chi connectivity index (χ0n) is 10.9. The molecule has 0 bridgehead atoms. The second kappa shape index (κ2) is 6.05. The Labute approximate surface area is 125 Å². The summed E-state index contributed by atoms with van der Waals surface area (Å²) in [6, 6.07) is 1.95. The molecule has 0 radical (unpaired) electrons. The van der Waals surface area contributed by atoms with Gasteiger partial charge in [0.2, 0.25) is 5.91 Å². The molecule has 1 fully saturated rings. The lowest BCUT2D eigenvalue weighted by Crippen LogP contribution is -2.25. The molecule has 2 heterocycles. The van der Waals surface area contributed by atoms with Gasteiger partial charge >= 0.3 is 0 Å². The van der Waals surface area contributed by atoms with Crippen molar-refractivity contribution in [3.05, 3.63) is 22.4 Å². The number of halogens is 1. The number of nitrogens with zero attached hydrogens (tertiary/aromatic N) is 2. The van der Waals surface area contributed by atoms with Crippen LogP contribution in [0.3, 0.4) is 0 Å². The van der Waals surface area contributed by atoms with Crippen molar-refractivity contribution in [2.75, 3.05) is 17.2 Å². The maximum Gasteiger partial charge on any atom is 0.227 e. The molecule has 1 atom stereocenters. The van der Waals surface area contributed by atoms with Crippen molar-refractivity contribution in [2.45, 2.75) is 20.3 Å². The Bertz CT molecular complexity index is 521. The van der Waals surface area contributed by atoms with Gasteiger partial charge in [-0.3, -0.25) is 9.59 Å². The largest absolute Gasteiger partial charge is 0.310 e. The molecular formula is C13H15BrN2O2S. The molecule has 0 spiro atoms. The molecule has 1 aromatic heterocycles. The first kappa shape index (κ1) is 14.5. The van der Waals surface area contributed by atoms with Crippen LogP contribution in [0.2, 0.25) is 0 Å². The Morgan fingerprint density at radius 1 is 1.63 bits per heavy atom. The van der Waals surface area contributed by atoms with E-state index in [0.717, 1.165) is 11.3 Å². The highest BCUT2D eigenvalue weighted by atomic mass is 79.9. The van der Waals surface area contributed by atoms with E-state index in [0.29, 0.717) is 23.3 Å². The van der Waals surface area contributed by atoms with Gasteiger partial charge in [-0.25, -0.2) is 4.98 Å². The van der Waals surface area contributed by atoms with Gasteiger partial charge in [-0.1, -0.05) is 11.8 Å². The number of carbonyl (C=O) groups excluding carboxylic acids is 2. The maximum atomic E-state index is 12.1. The molecule has 1 aliphatic rings. The number of carbonyl (C=O) groups is 2. The molecule has 0 saturated carbocycles. The molecule has 0 aliphatic carbocycles. The first-order valence-electron chi connectivity index (χ1n) is 6.03. The van der Waals surface area contributed by atoms with E-state index < -0.39 is 0 Å². The molecule has 1 saturated heterocycles. The average molecular weight is 343 g/mol. The molecule has 4 nitrogen and oxygen atoms in total. The summed E-state index contributed by atoms with van der Waals surface area (Å²) in [5.41, 5.74) is 1.84. The second-order valence-electron chi connectivity index (χ2n) is 4.70. The topological polar surface area (TPSA) is 50.3 Å². The monoisotopic (exact) mass is 342 g/mol. The van der Waals surface area contributed by atoms with Crippen LogP contribution in [0.4, 0.5) is 5.69 Å². The van der Waals surface area contributed by atoms with Gasteiger partial charge < -0.3 is 4.90 Å². The second-order valence-corrected chi connectivity index (χ2v) is 6.65. The number of aryl methyl sites for hydroxylation is 1. The number of amides is 1. The van der Waals surface area contributed by atoms with Crippen molar-refractivity contribution in [3.63, 3.8) is 0 Å². The van der Waals surface area contributed by atoms with Crippen molar-refractivity contribution < 1.29 is 9.59 Å². The number of hydrogen-bond donors (Lipinski definition) is 0. The molecule has 1 aliphatic heterocycles. The summed E-state index contributed by atoms with van der Waals surface area (Å²) in [5, 5.41) is 0.101. The molecule has 2 rings (SSSR count). The molecule has 0 N–H and O–H groups in total. The number of rotatable bonds is 3. The summed E-state index contributed by atoms with van der Waals surface area (Å²) in [5.74, 6) is 1.03. The van der Waals surface area contributed by atoms with E-state index in [1.165, 1.54) is 11.8 Å². The third-order valence-electron chi connectivity index (χ3n) is 2.98. The van der Waals surface area contributed by atoms with Crippen molar-refractivity contribution in [1.82, 2.24) is 4.98 Å². The minimum Gasteiger partial charge on any atom is -0.310 e. The first-order valence-corrected chi connectivity index (χ1v) is 7.81. The summed E-state index contributed by atoms with van der Waals surface area (Å²) >= 11 is 4.68. The molecule has 0 aromatic carbocycles. The Balaban J connectivity index is 2.11. The predicted octanol–water partition coefficient (Wildman–Crippen LogP) is 2.79. The zero-order valence-corrected chi connectivity index (χ0v) is 13.3. The first-order chi connectivity index (χ1) is 8.97. The smallest absolute Gasteiger partial charge is 0.227 e. The SMILES string of the molecule is CC(=O)SCC1CC(=O)N(c2cc(C)cnc2Br)C1. The van der Waals surface area contributed by atoms with Gasteiger partial charge in [0, 0.05) is 31.8 Å². The molecule has 1 amide bonds. The minimum absolute atomic E-state index is 0.0993. The van der Waals surface area contributed by atoms with Crippen LogP contribution in [-0.2, 0) is 9.59 Å². The fourth-order valence-electron chi connectivity index (χ4n) is 2.09. The van der Waals surface area contributed by atoms with Crippen molar-refractivity contribution in [1.29, 1.82) is 0 Å². The van der Waals surface area contributed by atoms with E-state index >= 15 is 0 Å². The summed E-state index contributed by atoms with van der Waals surface area (Å²) in [7, 11) is 0. The fraction of sp³-hybridized carbons (Fsp3) is 0.462. The van der Waals surface area contributed by atoms with Crippen molar-refractivity contribution in [3.8, 4) is 0 Å². The van der Waals surface area contributed by atoms with E-state index in [-0.39, 0.29) is 16.9 Å². The van der Waals surface area contributed by atoms with Gasteiger partial charge in [0.05, 0.1) is 5.69 Å². The van der Waals surface area contributed by atoms with Gasteiger partial charge in [0.25, 0.3) is 0 Å². The van der Waals surface area contributed by atoms with Gasteiger partial charge in [0.15, 0.2) is 5.12 Å². The molecular weight excluding hydrogens is 328 g/mol. The number of pyridine rings is 1. The highest BCUT2D eigenvalue weighted by Gasteiger charge is 2.32. The van der Waals surface area contributed by atoms with Crippen molar-refractivity contribution >= 4 is 44.4 Å². The van der Waals surface area contributed by atoms with Crippen LogP contribution in [-0.4, -0.2) is 28.3 Å². The van der Waals surface area contributed by atoms with Gasteiger partial charge in [-0.15, -0.1) is 0 Å². The standard InChI is InChI=1S/C13H15BrN2O2S/c1-8-3-11(13(14)15-5-8)16-6-10(4-12(16)18)7-19-9(2)17/h3,5,10H,4,6-7H2,1-2H3. The van der Waals surface area contributed by atoms with Crippen molar-refractivity contribution in [2.24, 2.45) is 5.92 Å². The normalized spacial score (nSPS) is 19.0. The maximum absolute atomic E-state index is 12.1. The fourth-order valence-corrected chi connectivity index (χ4v) is 3.21. The summed E-state index contributed by atoms with van der Waals surface area (Å²) < 4.78 is 0.686. The van der Waals surface area contributed by atoms with Crippen LogP contribution in [0, 0.1) is 12.8 Å². The molecule has 19 heavy (non-hydrogen) atoms. The van der Waals surface area contributed by atoms with Crippen LogP contribution < -0.4 is 4.90 Å². The highest BCUT2D eigenvalue weighted by Crippen LogP contribution is 2.31. The van der Waals surface area contributed by atoms with E-state index in [1.54, 1.807) is 18.0 Å². The number of anilines is 1. The number of hydrogen-bond acceptors (Lipinski definition) is 4. The Hall–Kier alpha value is -0.880. The lowest BCUT2D eigenvalue weighted by Gasteiger charge is -2.18. The Kier molecular flexibility index (Phi) is 4.62. The quantitative estimate of drug-likeness (QED) is 0.792. The third-order valence-corrected chi connectivity index (χ3v) is 4.63. The van der Waals surface area contributed by atoms with Crippen LogP contribution in [0.5, 0.6) is 0 Å². The number of thioether (sulfide) groups is 1. The van der Waals surface area contributed by atoms with Gasteiger partial charge in [0.1, 0.15) is 4.60 Å². The van der Waals surface area contributed by atoms with Crippen LogP contribution in [0.1, 0.15) is 18.9 Å². The molecule has 1 aromatic rings. The van der Waals surface area contributed by atoms with E-state index in [9.17, 15) is 9.59 Å². The third kappa shape index (κ3) is 3.57. The van der Waals surface area contributed by atoms with E-state index in [4.69, 9.17) is 0 Å². The molecule has 1 unspecified atom stereocenters. The molecule has 6 heteroatoms. The minimum atomic E-state index is 0.0993. The number of aromatic nitrogens is 1. The van der Waals surface area contributed by atoms with E-state index in [2.05, 4.69) is 20.9 Å².